The molecule has 0 radical (unpaired) electrons. The van der Waals surface area contributed by atoms with E-state index in [4.69, 9.17) is 47.4 Å². The SMILES string of the molecule is C=CCOC(=O)CCCCCCCCC(=O)Oc1ccc(-c2ccc(OC(=O)c3ccc(C(=O)OCC4COCCOCCOCCOCCOCCO4)cc3)cc2)cc1. The quantitative estimate of drug-likeness (QED) is 0.0560. The minimum Gasteiger partial charge on any atom is -0.461 e. The van der Waals surface area contributed by atoms with Gasteiger partial charge in [-0.05, 0) is 72.5 Å². The zero-order chi connectivity index (χ0) is 42.5. The molecule has 60 heavy (non-hydrogen) atoms. The Labute approximate surface area is 352 Å². The average molecular weight is 835 g/mol. The smallest absolute Gasteiger partial charge is 0.343 e. The van der Waals surface area contributed by atoms with Crippen molar-refractivity contribution in [2.75, 3.05) is 85.9 Å². The number of ether oxygens (including phenoxy) is 10. The van der Waals surface area contributed by atoms with Crippen LogP contribution in [-0.2, 0) is 47.5 Å². The highest BCUT2D eigenvalue weighted by Crippen LogP contribution is 2.25. The fourth-order valence-electron chi connectivity index (χ4n) is 5.76. The summed E-state index contributed by atoms with van der Waals surface area (Å²) in [6.07, 6.45) is 7.18. The molecule has 1 aliphatic rings. The van der Waals surface area contributed by atoms with Crippen molar-refractivity contribution < 1.29 is 66.5 Å². The molecule has 14 heteroatoms. The second-order valence-electron chi connectivity index (χ2n) is 13.7. The predicted octanol–water partition coefficient (Wildman–Crippen LogP) is 6.97. The van der Waals surface area contributed by atoms with Crippen LogP contribution >= 0.6 is 0 Å². The molecule has 0 aromatic heterocycles. The molecule has 1 heterocycles. The Bertz CT molecular complexity index is 1670. The number of hydrogen-bond acceptors (Lipinski definition) is 14. The van der Waals surface area contributed by atoms with E-state index in [1.807, 2.05) is 24.3 Å². The molecule has 3 aromatic carbocycles. The number of benzene rings is 3. The number of unbranched alkanes of at least 4 members (excludes halogenated alkanes) is 5. The standard InChI is InChI=1S/C46H58O14/c1-2-23-57-43(47)9-7-5-3-4-6-8-10-44(48)59-40-19-15-36(16-20-40)37-17-21-41(22-18-37)60-46(50)39-13-11-38(12-14-39)45(49)58-35-42-34-55-31-30-53-27-26-51-24-25-52-28-29-54-32-33-56-42/h2,11-22,42H,1,3-10,23-35H2. The minimum absolute atomic E-state index is 0.0448. The van der Waals surface area contributed by atoms with Crippen LogP contribution in [0.2, 0.25) is 0 Å². The largest absolute Gasteiger partial charge is 0.461 e. The molecule has 14 nitrogen and oxygen atoms in total. The highest BCUT2D eigenvalue weighted by Gasteiger charge is 2.17. The summed E-state index contributed by atoms with van der Waals surface area (Å²) in [6.45, 7) is 8.00. The van der Waals surface area contributed by atoms with Gasteiger partial charge in [-0.25, -0.2) is 9.59 Å². The molecule has 326 valence electrons. The summed E-state index contributed by atoms with van der Waals surface area (Å²) in [5.74, 6) is -0.818. The molecule has 3 aromatic rings. The Kier molecular flexibility index (Phi) is 23.3. The first-order valence-corrected chi connectivity index (χ1v) is 20.6. The summed E-state index contributed by atoms with van der Waals surface area (Å²) >= 11 is 0. The van der Waals surface area contributed by atoms with Crippen LogP contribution in [0, 0.1) is 0 Å². The van der Waals surface area contributed by atoms with Gasteiger partial charge in [-0.3, -0.25) is 9.59 Å². The molecule has 4 rings (SSSR count). The van der Waals surface area contributed by atoms with Crippen molar-refractivity contribution in [3.63, 3.8) is 0 Å². The van der Waals surface area contributed by atoms with E-state index in [1.54, 1.807) is 30.3 Å². The first kappa shape index (κ1) is 47.7. The second-order valence-corrected chi connectivity index (χ2v) is 13.7. The molecular weight excluding hydrogens is 776 g/mol. The van der Waals surface area contributed by atoms with Crippen LogP contribution in [0.5, 0.6) is 11.5 Å². The predicted molar refractivity (Wildman–Crippen MR) is 221 cm³/mol. The highest BCUT2D eigenvalue weighted by atomic mass is 16.6. The van der Waals surface area contributed by atoms with Crippen LogP contribution in [0.4, 0.5) is 0 Å². The monoisotopic (exact) mass is 834 g/mol. The van der Waals surface area contributed by atoms with Gasteiger partial charge in [0.25, 0.3) is 0 Å². The van der Waals surface area contributed by atoms with Gasteiger partial charge in [0.05, 0.1) is 83.8 Å². The van der Waals surface area contributed by atoms with Gasteiger partial charge in [-0.2, -0.15) is 0 Å². The molecule has 1 saturated heterocycles. The van der Waals surface area contributed by atoms with Crippen LogP contribution in [0.3, 0.4) is 0 Å². The molecule has 0 bridgehead atoms. The van der Waals surface area contributed by atoms with Crippen molar-refractivity contribution in [2.45, 2.75) is 57.5 Å². The summed E-state index contributed by atoms with van der Waals surface area (Å²) in [5, 5.41) is 0. The van der Waals surface area contributed by atoms with Gasteiger partial charge in [0.2, 0.25) is 0 Å². The second kappa shape index (κ2) is 29.3. The summed E-state index contributed by atoms with van der Waals surface area (Å²) in [5.41, 5.74) is 2.30. The molecule has 1 atom stereocenters. The molecular formula is C46H58O14. The fraction of sp³-hybridized carbons (Fsp3) is 0.478. The van der Waals surface area contributed by atoms with Gasteiger partial charge < -0.3 is 47.4 Å². The lowest BCUT2D eigenvalue weighted by Crippen LogP contribution is -2.29. The van der Waals surface area contributed by atoms with E-state index in [2.05, 4.69) is 6.58 Å². The lowest BCUT2D eigenvalue weighted by atomic mass is 10.1. The number of rotatable bonds is 18. The van der Waals surface area contributed by atoms with E-state index < -0.39 is 18.0 Å². The Morgan fingerprint density at radius 3 is 1.50 bits per heavy atom. The van der Waals surface area contributed by atoms with Crippen molar-refractivity contribution in [1.29, 1.82) is 0 Å². The van der Waals surface area contributed by atoms with Crippen LogP contribution in [0.1, 0.15) is 72.1 Å². The first-order chi connectivity index (χ1) is 29.4. The molecule has 1 fully saturated rings. The summed E-state index contributed by atoms with van der Waals surface area (Å²) in [4.78, 5) is 49.6. The van der Waals surface area contributed by atoms with Gasteiger partial charge in [-0.1, -0.05) is 62.6 Å². The minimum atomic E-state index is -0.583. The number of esters is 4. The van der Waals surface area contributed by atoms with E-state index in [9.17, 15) is 19.2 Å². The van der Waals surface area contributed by atoms with Crippen molar-refractivity contribution in [2.24, 2.45) is 0 Å². The number of carbonyl (C=O) groups is 4. The summed E-state index contributed by atoms with van der Waals surface area (Å²) in [7, 11) is 0. The molecule has 0 saturated carbocycles. The Morgan fingerprint density at radius 2 is 0.967 bits per heavy atom. The third kappa shape index (κ3) is 19.9. The molecule has 0 aliphatic carbocycles. The van der Waals surface area contributed by atoms with E-state index in [1.165, 1.54) is 24.3 Å². The van der Waals surface area contributed by atoms with Crippen LogP contribution in [0.15, 0.2) is 85.5 Å². The van der Waals surface area contributed by atoms with E-state index in [0.717, 1.165) is 49.7 Å². The van der Waals surface area contributed by atoms with Gasteiger partial charge >= 0.3 is 23.9 Å². The lowest BCUT2D eigenvalue weighted by molar-refractivity contribution is -0.142. The molecule has 0 spiro atoms. The van der Waals surface area contributed by atoms with Crippen molar-refractivity contribution in [1.82, 2.24) is 0 Å². The topological polar surface area (TPSA) is 161 Å². The number of carbonyl (C=O) groups excluding carboxylic acids is 4. The van der Waals surface area contributed by atoms with Crippen molar-refractivity contribution in [3.8, 4) is 22.6 Å². The van der Waals surface area contributed by atoms with Gasteiger partial charge in [0.15, 0.2) is 0 Å². The highest BCUT2D eigenvalue weighted by molar-refractivity contribution is 5.94. The van der Waals surface area contributed by atoms with Crippen LogP contribution in [0.25, 0.3) is 11.1 Å². The fourth-order valence-corrected chi connectivity index (χ4v) is 5.76. The first-order valence-electron chi connectivity index (χ1n) is 20.6. The zero-order valence-electron chi connectivity index (χ0n) is 34.4. The van der Waals surface area contributed by atoms with E-state index in [0.29, 0.717) is 83.8 Å². The van der Waals surface area contributed by atoms with Gasteiger partial charge in [-0.15, -0.1) is 0 Å². The van der Waals surface area contributed by atoms with Gasteiger partial charge in [0, 0.05) is 12.8 Å². The molecule has 0 amide bonds. The maximum absolute atomic E-state index is 12.9. The maximum Gasteiger partial charge on any atom is 0.343 e. The lowest BCUT2D eigenvalue weighted by Gasteiger charge is -2.18. The summed E-state index contributed by atoms with van der Waals surface area (Å²) in [6, 6.07) is 20.2. The maximum atomic E-state index is 12.9. The Morgan fingerprint density at radius 1 is 0.517 bits per heavy atom. The van der Waals surface area contributed by atoms with Crippen molar-refractivity contribution >= 4 is 23.9 Å². The molecule has 0 N–H and O–H groups in total. The third-order valence-electron chi connectivity index (χ3n) is 8.99. The van der Waals surface area contributed by atoms with Crippen LogP contribution < -0.4 is 9.47 Å². The average Bonchev–Trinajstić information content (AvgIpc) is 3.26. The van der Waals surface area contributed by atoms with Crippen LogP contribution in [-0.4, -0.2) is 116 Å². The van der Waals surface area contributed by atoms with E-state index in [-0.39, 0.29) is 49.5 Å². The Hall–Kier alpha value is -4.96. The van der Waals surface area contributed by atoms with Gasteiger partial charge in [0.1, 0.15) is 30.8 Å². The Balaban J connectivity index is 1.14. The van der Waals surface area contributed by atoms with Crippen molar-refractivity contribution in [3.05, 3.63) is 96.6 Å². The molecule has 1 aliphatic heterocycles. The summed E-state index contributed by atoms with van der Waals surface area (Å²) < 4.78 is 55.0. The zero-order valence-corrected chi connectivity index (χ0v) is 34.4. The van der Waals surface area contributed by atoms with E-state index >= 15 is 0 Å². The number of hydrogen-bond donors (Lipinski definition) is 0. The third-order valence-corrected chi connectivity index (χ3v) is 8.99. The molecule has 1 unspecified atom stereocenters. The normalized spacial score (nSPS) is 16.0.